The van der Waals surface area contributed by atoms with E-state index < -0.39 is 16.0 Å². The summed E-state index contributed by atoms with van der Waals surface area (Å²) >= 11 is 0. The molecule has 1 fully saturated rings. The van der Waals surface area contributed by atoms with Gasteiger partial charge in [0.2, 0.25) is 10.0 Å². The first-order valence-corrected chi connectivity index (χ1v) is 6.79. The zero-order chi connectivity index (χ0) is 11.5. The van der Waals surface area contributed by atoms with Gasteiger partial charge in [-0.15, -0.1) is 0 Å². The highest BCUT2D eigenvalue weighted by atomic mass is 32.2. The van der Waals surface area contributed by atoms with E-state index in [0.717, 1.165) is 19.3 Å². The lowest BCUT2D eigenvalue weighted by Gasteiger charge is -2.20. The van der Waals surface area contributed by atoms with Crippen LogP contribution in [0.15, 0.2) is 0 Å². The molecule has 1 aliphatic rings. The number of hydrogen-bond donors (Lipinski definition) is 1. The Hall–Kier alpha value is -0.620. The van der Waals surface area contributed by atoms with Crippen molar-refractivity contribution in [3.05, 3.63) is 0 Å². The number of carbonyl (C=O) groups is 1. The van der Waals surface area contributed by atoms with Crippen LogP contribution >= 0.6 is 0 Å². The van der Waals surface area contributed by atoms with Crippen LogP contribution in [0, 0.1) is 0 Å². The molecule has 0 aliphatic heterocycles. The molecule has 0 heterocycles. The molecule has 0 saturated heterocycles. The molecule has 0 bridgehead atoms. The molecule has 15 heavy (non-hydrogen) atoms. The minimum absolute atomic E-state index is 0.128. The van der Waals surface area contributed by atoms with Crippen molar-refractivity contribution in [2.75, 3.05) is 12.3 Å². The van der Waals surface area contributed by atoms with Gasteiger partial charge in [0.1, 0.15) is 0 Å². The van der Waals surface area contributed by atoms with Gasteiger partial charge in [0.15, 0.2) is 0 Å². The SMILES string of the molecule is CCCN(C1CC1)S(=O)(=O)CCC(=O)O. The second kappa shape index (κ2) is 4.94. The fraction of sp³-hybridized carbons (Fsp3) is 0.889. The van der Waals surface area contributed by atoms with Crippen molar-refractivity contribution < 1.29 is 18.3 Å². The zero-order valence-corrected chi connectivity index (χ0v) is 9.66. The summed E-state index contributed by atoms with van der Waals surface area (Å²) in [6, 6.07) is 0.128. The van der Waals surface area contributed by atoms with Crippen molar-refractivity contribution in [2.24, 2.45) is 0 Å². The van der Waals surface area contributed by atoms with Crippen LogP contribution in [0.2, 0.25) is 0 Å². The summed E-state index contributed by atoms with van der Waals surface area (Å²) in [6.45, 7) is 2.43. The van der Waals surface area contributed by atoms with Crippen molar-refractivity contribution >= 4 is 16.0 Å². The summed E-state index contributed by atoms with van der Waals surface area (Å²) in [5, 5.41) is 8.46. The molecule has 1 N–H and O–H groups in total. The fourth-order valence-corrected chi connectivity index (χ4v) is 3.26. The number of aliphatic carboxylic acids is 1. The Morgan fingerprint density at radius 2 is 2.07 bits per heavy atom. The molecule has 1 saturated carbocycles. The highest BCUT2D eigenvalue weighted by Gasteiger charge is 2.36. The Balaban J connectivity index is 2.59. The molecule has 1 rings (SSSR count). The normalized spacial score (nSPS) is 16.9. The van der Waals surface area contributed by atoms with Gasteiger partial charge >= 0.3 is 5.97 Å². The summed E-state index contributed by atoms with van der Waals surface area (Å²) in [5.74, 6) is -1.34. The number of sulfonamides is 1. The summed E-state index contributed by atoms with van der Waals surface area (Å²) < 4.78 is 25.0. The quantitative estimate of drug-likeness (QED) is 0.703. The summed E-state index contributed by atoms with van der Waals surface area (Å²) in [5.41, 5.74) is 0. The van der Waals surface area contributed by atoms with Crippen LogP contribution < -0.4 is 0 Å². The Morgan fingerprint density at radius 3 is 2.47 bits per heavy atom. The molecule has 88 valence electrons. The van der Waals surface area contributed by atoms with Gasteiger partial charge < -0.3 is 5.11 Å². The number of carboxylic acids is 1. The van der Waals surface area contributed by atoms with E-state index in [1.807, 2.05) is 6.92 Å². The third kappa shape index (κ3) is 3.79. The van der Waals surface area contributed by atoms with Crippen molar-refractivity contribution in [3.63, 3.8) is 0 Å². The molecular weight excluding hydrogens is 218 g/mol. The Kier molecular flexibility index (Phi) is 4.10. The van der Waals surface area contributed by atoms with Crippen molar-refractivity contribution in [1.82, 2.24) is 4.31 Å². The third-order valence-corrected chi connectivity index (χ3v) is 4.24. The minimum Gasteiger partial charge on any atom is -0.481 e. The van der Waals surface area contributed by atoms with Gasteiger partial charge in [-0.3, -0.25) is 4.79 Å². The predicted molar refractivity (Wildman–Crippen MR) is 56.1 cm³/mol. The average molecular weight is 235 g/mol. The topological polar surface area (TPSA) is 74.7 Å². The molecule has 6 heteroatoms. The summed E-state index contributed by atoms with van der Waals surface area (Å²) in [4.78, 5) is 10.3. The zero-order valence-electron chi connectivity index (χ0n) is 8.85. The van der Waals surface area contributed by atoms with Crippen molar-refractivity contribution in [3.8, 4) is 0 Å². The molecule has 1 aliphatic carbocycles. The highest BCUT2D eigenvalue weighted by molar-refractivity contribution is 7.89. The van der Waals surface area contributed by atoms with Crippen LogP contribution in [0.5, 0.6) is 0 Å². The summed E-state index contributed by atoms with van der Waals surface area (Å²) in [6.07, 6.45) is 2.27. The Labute approximate surface area is 90.1 Å². The van der Waals surface area contributed by atoms with E-state index in [1.165, 1.54) is 4.31 Å². The van der Waals surface area contributed by atoms with E-state index in [4.69, 9.17) is 5.11 Å². The maximum atomic E-state index is 11.8. The van der Waals surface area contributed by atoms with E-state index in [-0.39, 0.29) is 18.2 Å². The van der Waals surface area contributed by atoms with Crippen LogP contribution in [0.1, 0.15) is 32.6 Å². The van der Waals surface area contributed by atoms with Crippen molar-refractivity contribution in [1.29, 1.82) is 0 Å². The lowest BCUT2D eigenvalue weighted by Crippen LogP contribution is -2.36. The maximum absolute atomic E-state index is 11.8. The van der Waals surface area contributed by atoms with Gasteiger partial charge in [-0.2, -0.15) is 4.31 Å². The maximum Gasteiger partial charge on any atom is 0.304 e. The van der Waals surface area contributed by atoms with Gasteiger partial charge in [0.05, 0.1) is 12.2 Å². The molecule has 0 spiro atoms. The largest absolute Gasteiger partial charge is 0.481 e. The van der Waals surface area contributed by atoms with Crippen LogP contribution in [0.25, 0.3) is 0 Å². The van der Waals surface area contributed by atoms with Gasteiger partial charge in [0, 0.05) is 12.6 Å². The van der Waals surface area contributed by atoms with Crippen LogP contribution in [0.3, 0.4) is 0 Å². The van der Waals surface area contributed by atoms with Crippen LogP contribution in [-0.2, 0) is 14.8 Å². The van der Waals surface area contributed by atoms with E-state index >= 15 is 0 Å². The number of carboxylic acid groups (broad SMARTS) is 1. The monoisotopic (exact) mass is 235 g/mol. The Bertz CT molecular complexity index is 321. The molecule has 0 radical (unpaired) electrons. The molecule has 0 aromatic rings. The lowest BCUT2D eigenvalue weighted by atomic mass is 10.5. The molecule has 0 atom stereocenters. The molecule has 0 unspecified atom stereocenters. The predicted octanol–water partition coefficient (Wildman–Crippen LogP) is 0.665. The second-order valence-corrected chi connectivity index (χ2v) is 5.84. The fourth-order valence-electron chi connectivity index (χ4n) is 1.47. The highest BCUT2D eigenvalue weighted by Crippen LogP contribution is 2.29. The first-order chi connectivity index (χ1) is 6.97. The molecule has 0 amide bonds. The first kappa shape index (κ1) is 12.4. The molecule has 0 aromatic heterocycles. The average Bonchev–Trinajstić information content (AvgIpc) is 2.94. The molecular formula is C9H17NO4S. The number of hydrogen-bond acceptors (Lipinski definition) is 3. The number of nitrogens with zero attached hydrogens (tertiary/aromatic N) is 1. The van der Waals surface area contributed by atoms with E-state index in [9.17, 15) is 13.2 Å². The van der Waals surface area contributed by atoms with Gasteiger partial charge in [-0.05, 0) is 19.3 Å². The van der Waals surface area contributed by atoms with E-state index in [2.05, 4.69) is 0 Å². The van der Waals surface area contributed by atoms with Crippen LogP contribution in [0.4, 0.5) is 0 Å². The van der Waals surface area contributed by atoms with Gasteiger partial charge in [0.25, 0.3) is 0 Å². The third-order valence-electron chi connectivity index (χ3n) is 2.33. The minimum atomic E-state index is -3.36. The van der Waals surface area contributed by atoms with E-state index in [0.29, 0.717) is 6.54 Å². The standard InChI is InChI=1S/C9H17NO4S/c1-2-6-10(8-3-4-8)15(13,14)7-5-9(11)12/h8H,2-7H2,1H3,(H,11,12). The van der Waals surface area contributed by atoms with Crippen molar-refractivity contribution in [2.45, 2.75) is 38.6 Å². The number of rotatable bonds is 7. The van der Waals surface area contributed by atoms with Crippen LogP contribution in [-0.4, -0.2) is 42.1 Å². The van der Waals surface area contributed by atoms with Gasteiger partial charge in [-0.1, -0.05) is 6.92 Å². The second-order valence-electron chi connectivity index (χ2n) is 3.80. The van der Waals surface area contributed by atoms with E-state index in [1.54, 1.807) is 0 Å². The smallest absolute Gasteiger partial charge is 0.304 e. The lowest BCUT2D eigenvalue weighted by molar-refractivity contribution is -0.136. The molecule has 5 nitrogen and oxygen atoms in total. The first-order valence-electron chi connectivity index (χ1n) is 5.18. The molecule has 0 aromatic carbocycles. The summed E-state index contributed by atoms with van der Waals surface area (Å²) in [7, 11) is -3.36. The van der Waals surface area contributed by atoms with Gasteiger partial charge in [-0.25, -0.2) is 8.42 Å². The Morgan fingerprint density at radius 1 is 1.47 bits per heavy atom.